The van der Waals surface area contributed by atoms with Gasteiger partial charge in [-0.05, 0) is 36.0 Å². The lowest BCUT2D eigenvalue weighted by atomic mass is 9.65. The molecule has 0 spiro atoms. The number of allylic oxidation sites excluding steroid dienone is 2. The molecule has 120 valence electrons. The molecule has 2 unspecified atom stereocenters. The summed E-state index contributed by atoms with van der Waals surface area (Å²) >= 11 is 0. The average Bonchev–Trinajstić information content (AvgIpc) is 3.43. The molecule has 2 aliphatic carbocycles. The fraction of sp³-hybridized carbons (Fsp3) is 0.304. The van der Waals surface area contributed by atoms with Crippen LogP contribution in [0.4, 0.5) is 0 Å². The summed E-state index contributed by atoms with van der Waals surface area (Å²) in [6, 6.07) is 20.1. The van der Waals surface area contributed by atoms with Crippen LogP contribution in [0.5, 0.6) is 0 Å². The van der Waals surface area contributed by atoms with Crippen molar-refractivity contribution in [2.45, 2.75) is 31.1 Å². The zero-order valence-electron chi connectivity index (χ0n) is 14.4. The lowest BCUT2D eigenvalue weighted by Crippen LogP contribution is -2.32. The molecule has 0 aliphatic heterocycles. The molecule has 0 amide bonds. The highest BCUT2D eigenvalue weighted by Gasteiger charge is 2.50. The topological polar surface area (TPSA) is 4.93 Å². The molecule has 0 bridgehead atoms. The molecule has 0 radical (unpaired) electrons. The molecule has 0 saturated heterocycles. The first-order valence-corrected chi connectivity index (χ1v) is 9.06. The van der Waals surface area contributed by atoms with Crippen molar-refractivity contribution in [1.82, 2.24) is 4.57 Å². The van der Waals surface area contributed by atoms with Crippen LogP contribution in [0.2, 0.25) is 0 Å². The maximum atomic E-state index is 2.53. The Labute approximate surface area is 143 Å². The molecular weight excluding hydrogens is 290 g/mol. The van der Waals surface area contributed by atoms with E-state index in [2.05, 4.69) is 85.3 Å². The second kappa shape index (κ2) is 4.86. The van der Waals surface area contributed by atoms with E-state index in [0.717, 1.165) is 5.92 Å². The molecule has 2 aliphatic rings. The van der Waals surface area contributed by atoms with E-state index in [1.165, 1.54) is 35.0 Å². The normalized spacial score (nSPS) is 25.8. The number of nitrogens with zero attached hydrogens (tertiary/aromatic N) is 1. The van der Waals surface area contributed by atoms with Crippen molar-refractivity contribution in [3.8, 4) is 0 Å². The van der Waals surface area contributed by atoms with Gasteiger partial charge in [-0.25, -0.2) is 0 Å². The van der Waals surface area contributed by atoms with Crippen molar-refractivity contribution in [2.24, 2.45) is 13.0 Å². The van der Waals surface area contributed by atoms with Crippen LogP contribution in [-0.2, 0) is 12.5 Å². The van der Waals surface area contributed by atoms with Gasteiger partial charge < -0.3 is 4.57 Å². The van der Waals surface area contributed by atoms with Crippen molar-refractivity contribution in [3.05, 3.63) is 83.6 Å². The zero-order valence-corrected chi connectivity index (χ0v) is 14.4. The van der Waals surface area contributed by atoms with Crippen LogP contribution < -0.4 is 0 Å². The summed E-state index contributed by atoms with van der Waals surface area (Å²) in [5, 5.41) is 1.43. The SMILES string of the molecule is CC1C=CC(c2ccccc2)(C2CC2)c2c1n(C)c1ccccc21. The van der Waals surface area contributed by atoms with Gasteiger partial charge >= 0.3 is 0 Å². The van der Waals surface area contributed by atoms with Gasteiger partial charge in [0, 0.05) is 35.0 Å². The second-order valence-electron chi connectivity index (χ2n) is 7.49. The van der Waals surface area contributed by atoms with Gasteiger partial charge in [0.05, 0.1) is 0 Å². The van der Waals surface area contributed by atoms with Gasteiger partial charge in [-0.1, -0.05) is 67.6 Å². The summed E-state index contributed by atoms with van der Waals surface area (Å²) in [6.45, 7) is 2.33. The summed E-state index contributed by atoms with van der Waals surface area (Å²) in [5.41, 5.74) is 5.91. The number of para-hydroxylation sites is 1. The standard InChI is InChI=1S/C23H23N/c1-16-14-15-23(18-12-13-18,17-8-4-3-5-9-17)21-19-10-6-7-11-20(19)24(2)22(16)21/h3-11,14-16,18H,12-13H2,1-2H3. The van der Waals surface area contributed by atoms with Crippen LogP contribution in [0.25, 0.3) is 10.9 Å². The molecule has 24 heavy (non-hydrogen) atoms. The molecule has 1 saturated carbocycles. The predicted octanol–water partition coefficient (Wildman–Crippen LogP) is 5.55. The third kappa shape index (κ3) is 1.70. The number of aromatic nitrogens is 1. The van der Waals surface area contributed by atoms with Crippen molar-refractivity contribution >= 4 is 10.9 Å². The number of fused-ring (bicyclic) bond motifs is 3. The van der Waals surface area contributed by atoms with Crippen LogP contribution in [0.15, 0.2) is 66.7 Å². The summed E-state index contributed by atoms with van der Waals surface area (Å²) < 4.78 is 2.43. The Kier molecular flexibility index (Phi) is 2.85. The van der Waals surface area contributed by atoms with Gasteiger partial charge in [-0.2, -0.15) is 0 Å². The highest BCUT2D eigenvalue weighted by atomic mass is 15.0. The molecule has 0 N–H and O–H groups in total. The average molecular weight is 313 g/mol. The van der Waals surface area contributed by atoms with Crippen LogP contribution >= 0.6 is 0 Å². The minimum atomic E-state index is 0.0456. The molecule has 2 aromatic carbocycles. The Morgan fingerprint density at radius 3 is 2.42 bits per heavy atom. The maximum absolute atomic E-state index is 2.53. The molecule has 3 aromatic rings. The Hall–Kier alpha value is -2.28. The highest BCUT2D eigenvalue weighted by molar-refractivity contribution is 5.89. The van der Waals surface area contributed by atoms with E-state index in [1.807, 2.05) is 0 Å². The first-order chi connectivity index (χ1) is 11.7. The molecule has 5 rings (SSSR count). The third-order valence-corrected chi connectivity index (χ3v) is 6.12. The van der Waals surface area contributed by atoms with Crippen LogP contribution in [0.3, 0.4) is 0 Å². The smallest absolute Gasteiger partial charge is 0.0483 e. The number of hydrogen-bond donors (Lipinski definition) is 0. The Balaban J connectivity index is 1.92. The minimum Gasteiger partial charge on any atom is -0.347 e. The Morgan fingerprint density at radius 1 is 0.958 bits per heavy atom. The third-order valence-electron chi connectivity index (χ3n) is 6.12. The van der Waals surface area contributed by atoms with Crippen molar-refractivity contribution in [3.63, 3.8) is 0 Å². The number of aryl methyl sites for hydroxylation is 1. The fourth-order valence-electron chi connectivity index (χ4n) is 4.92. The number of rotatable bonds is 2. The number of benzene rings is 2. The van der Waals surface area contributed by atoms with Gasteiger partial charge in [-0.3, -0.25) is 0 Å². The van der Waals surface area contributed by atoms with E-state index >= 15 is 0 Å². The number of hydrogen-bond acceptors (Lipinski definition) is 0. The summed E-state index contributed by atoms with van der Waals surface area (Å²) in [5.74, 6) is 1.20. The molecule has 1 aromatic heterocycles. The predicted molar refractivity (Wildman–Crippen MR) is 100 cm³/mol. The first kappa shape index (κ1) is 14.1. The molecule has 1 heterocycles. The Morgan fingerprint density at radius 2 is 1.67 bits per heavy atom. The van der Waals surface area contributed by atoms with Crippen LogP contribution in [-0.4, -0.2) is 4.57 Å². The van der Waals surface area contributed by atoms with Gasteiger partial charge in [-0.15, -0.1) is 0 Å². The lowest BCUT2D eigenvalue weighted by molar-refractivity contribution is 0.533. The largest absolute Gasteiger partial charge is 0.347 e. The van der Waals surface area contributed by atoms with Gasteiger partial charge in [0.2, 0.25) is 0 Å². The zero-order chi connectivity index (χ0) is 16.3. The lowest BCUT2D eigenvalue weighted by Gasteiger charge is -2.37. The van der Waals surface area contributed by atoms with E-state index in [-0.39, 0.29) is 5.41 Å². The molecule has 1 fully saturated rings. The Bertz CT molecular complexity index is 943. The van der Waals surface area contributed by atoms with E-state index < -0.39 is 0 Å². The summed E-state index contributed by atoms with van der Waals surface area (Å²) in [7, 11) is 2.24. The first-order valence-electron chi connectivity index (χ1n) is 9.06. The van der Waals surface area contributed by atoms with Crippen LogP contribution in [0, 0.1) is 5.92 Å². The summed E-state index contributed by atoms with van der Waals surface area (Å²) in [6.07, 6.45) is 7.62. The van der Waals surface area contributed by atoms with Crippen LogP contribution in [0.1, 0.15) is 42.5 Å². The maximum Gasteiger partial charge on any atom is 0.0483 e. The minimum absolute atomic E-state index is 0.0456. The van der Waals surface area contributed by atoms with E-state index in [1.54, 1.807) is 5.56 Å². The monoisotopic (exact) mass is 313 g/mol. The van der Waals surface area contributed by atoms with Gasteiger partial charge in [0.25, 0.3) is 0 Å². The van der Waals surface area contributed by atoms with Crippen molar-refractivity contribution < 1.29 is 0 Å². The van der Waals surface area contributed by atoms with E-state index in [9.17, 15) is 0 Å². The summed E-state index contributed by atoms with van der Waals surface area (Å²) in [4.78, 5) is 0. The van der Waals surface area contributed by atoms with Crippen molar-refractivity contribution in [2.75, 3.05) is 0 Å². The highest BCUT2D eigenvalue weighted by Crippen LogP contribution is 2.57. The van der Waals surface area contributed by atoms with Crippen molar-refractivity contribution in [1.29, 1.82) is 0 Å². The quantitative estimate of drug-likeness (QED) is 0.547. The fourth-order valence-corrected chi connectivity index (χ4v) is 4.92. The van der Waals surface area contributed by atoms with E-state index in [4.69, 9.17) is 0 Å². The van der Waals surface area contributed by atoms with Gasteiger partial charge in [0.15, 0.2) is 0 Å². The second-order valence-corrected chi connectivity index (χ2v) is 7.49. The van der Waals surface area contributed by atoms with E-state index in [0.29, 0.717) is 5.92 Å². The molecule has 1 heteroatoms. The molecule has 1 nitrogen and oxygen atoms in total. The molecule has 2 atom stereocenters. The van der Waals surface area contributed by atoms with Gasteiger partial charge in [0.1, 0.15) is 0 Å². The molecular formula is C23H23N.